The molecule has 0 aliphatic carbocycles. The highest BCUT2D eigenvalue weighted by Crippen LogP contribution is 2.05. The highest BCUT2D eigenvalue weighted by atomic mass is 15.3. The van der Waals surface area contributed by atoms with E-state index in [1.54, 1.807) is 7.05 Å². The highest BCUT2D eigenvalue weighted by Gasteiger charge is 2.10. The van der Waals surface area contributed by atoms with Crippen LogP contribution in [0.3, 0.4) is 0 Å². The third-order valence-electron chi connectivity index (χ3n) is 2.28. The van der Waals surface area contributed by atoms with Crippen molar-refractivity contribution < 1.29 is 0 Å². The number of nitrogens with zero attached hydrogens (tertiary/aromatic N) is 2. The second-order valence-electron chi connectivity index (χ2n) is 3.19. The predicted molar refractivity (Wildman–Crippen MR) is 54.4 cm³/mol. The fraction of sp³-hybridized carbons (Fsp3) is 0.875. The maximum atomic E-state index is 5.22. The van der Waals surface area contributed by atoms with Crippen LogP contribution in [-0.4, -0.2) is 44.1 Å². The number of hydrazine groups is 1. The second-order valence-corrected chi connectivity index (χ2v) is 3.19. The molecule has 76 valence electrons. The number of hydrogen-bond acceptors (Lipinski definition) is 3. The van der Waals surface area contributed by atoms with E-state index in [0.717, 1.165) is 13.1 Å². The Morgan fingerprint density at radius 1 is 1.46 bits per heavy atom. The zero-order valence-electron chi connectivity index (χ0n) is 8.21. The van der Waals surface area contributed by atoms with Gasteiger partial charge in [-0.25, -0.2) is 5.84 Å². The topological polar surface area (TPSA) is 65.7 Å². The smallest absolute Gasteiger partial charge is 0.205 e. The zero-order valence-corrected chi connectivity index (χ0v) is 8.21. The average Bonchev–Trinajstić information content (AvgIpc) is 2.65. The molecule has 1 rings (SSSR count). The van der Waals surface area contributed by atoms with Gasteiger partial charge < -0.3 is 10.2 Å². The van der Waals surface area contributed by atoms with E-state index in [0.29, 0.717) is 5.96 Å². The van der Waals surface area contributed by atoms with Crippen LogP contribution < -0.4 is 16.6 Å². The van der Waals surface area contributed by atoms with Gasteiger partial charge >= 0.3 is 0 Å². The van der Waals surface area contributed by atoms with E-state index in [1.165, 1.54) is 25.9 Å². The van der Waals surface area contributed by atoms with Gasteiger partial charge in [-0.1, -0.05) is 0 Å². The quantitative estimate of drug-likeness (QED) is 0.231. The maximum absolute atomic E-state index is 5.22. The Morgan fingerprint density at radius 3 is 2.69 bits per heavy atom. The lowest BCUT2D eigenvalue weighted by molar-refractivity contribution is 0.343. The van der Waals surface area contributed by atoms with Crippen molar-refractivity contribution in [1.82, 2.24) is 15.6 Å². The number of likely N-dealkylation sites (tertiary alicyclic amines) is 1. The van der Waals surface area contributed by atoms with Crippen molar-refractivity contribution in [3.8, 4) is 0 Å². The molecule has 13 heavy (non-hydrogen) atoms. The molecule has 1 saturated heterocycles. The molecule has 0 spiro atoms. The summed E-state index contributed by atoms with van der Waals surface area (Å²) in [4.78, 5) is 6.36. The molecule has 0 aromatic heterocycles. The van der Waals surface area contributed by atoms with E-state index < -0.39 is 0 Å². The van der Waals surface area contributed by atoms with Crippen LogP contribution in [0.2, 0.25) is 0 Å². The van der Waals surface area contributed by atoms with Crippen LogP contribution in [0, 0.1) is 0 Å². The first kappa shape index (κ1) is 10.3. The molecular formula is C8H19N5. The summed E-state index contributed by atoms with van der Waals surface area (Å²) in [5, 5.41) is 3.12. The number of nitrogens with one attached hydrogen (secondary N) is 2. The first-order valence-electron chi connectivity index (χ1n) is 4.76. The summed E-state index contributed by atoms with van der Waals surface area (Å²) in [5.41, 5.74) is 2.50. The van der Waals surface area contributed by atoms with Crippen molar-refractivity contribution in [1.29, 1.82) is 0 Å². The van der Waals surface area contributed by atoms with Gasteiger partial charge in [0.2, 0.25) is 5.96 Å². The van der Waals surface area contributed by atoms with Gasteiger partial charge in [0.05, 0.1) is 0 Å². The summed E-state index contributed by atoms with van der Waals surface area (Å²) in [5.74, 6) is 5.87. The molecule has 1 fully saturated rings. The number of rotatable bonds is 3. The van der Waals surface area contributed by atoms with E-state index in [-0.39, 0.29) is 0 Å². The Kier molecular flexibility index (Phi) is 4.56. The summed E-state index contributed by atoms with van der Waals surface area (Å²) in [6.07, 6.45) is 2.67. The molecule has 1 aliphatic rings. The third kappa shape index (κ3) is 3.61. The lowest BCUT2D eigenvalue weighted by Crippen LogP contribution is -2.44. The SMILES string of the molecule is CN=C(NN)NCCN1CCCC1. The minimum absolute atomic E-state index is 0.652. The molecule has 1 aliphatic heterocycles. The first-order chi connectivity index (χ1) is 6.36. The maximum Gasteiger partial charge on any atom is 0.205 e. The van der Waals surface area contributed by atoms with E-state index >= 15 is 0 Å². The van der Waals surface area contributed by atoms with Gasteiger partial charge in [-0.15, -0.1) is 0 Å². The van der Waals surface area contributed by atoms with Crippen molar-refractivity contribution in [3.05, 3.63) is 0 Å². The van der Waals surface area contributed by atoms with Crippen molar-refractivity contribution in [2.75, 3.05) is 33.2 Å². The van der Waals surface area contributed by atoms with Gasteiger partial charge in [0.15, 0.2) is 0 Å². The van der Waals surface area contributed by atoms with Crippen LogP contribution in [0.1, 0.15) is 12.8 Å². The summed E-state index contributed by atoms with van der Waals surface area (Å²) in [7, 11) is 1.71. The van der Waals surface area contributed by atoms with E-state index in [4.69, 9.17) is 5.84 Å². The van der Waals surface area contributed by atoms with Crippen LogP contribution >= 0.6 is 0 Å². The van der Waals surface area contributed by atoms with E-state index in [2.05, 4.69) is 20.6 Å². The van der Waals surface area contributed by atoms with Crippen molar-refractivity contribution in [2.24, 2.45) is 10.8 Å². The lowest BCUT2D eigenvalue weighted by Gasteiger charge is -2.15. The van der Waals surface area contributed by atoms with Gasteiger partial charge in [-0.2, -0.15) is 0 Å². The molecule has 0 aromatic rings. The standard InChI is InChI=1S/C8H19N5/c1-10-8(12-9)11-4-7-13-5-2-3-6-13/h2-7,9H2,1H3,(H2,10,11,12). The Bertz CT molecular complexity index is 162. The molecule has 1 heterocycles. The Morgan fingerprint density at radius 2 is 2.15 bits per heavy atom. The van der Waals surface area contributed by atoms with Crippen molar-refractivity contribution >= 4 is 5.96 Å². The molecule has 0 aromatic carbocycles. The van der Waals surface area contributed by atoms with Gasteiger partial charge in [0.1, 0.15) is 0 Å². The number of aliphatic imine (C=N–C) groups is 1. The fourth-order valence-corrected chi connectivity index (χ4v) is 1.53. The minimum atomic E-state index is 0.652. The van der Waals surface area contributed by atoms with Gasteiger partial charge in [-0.3, -0.25) is 10.4 Å². The average molecular weight is 185 g/mol. The van der Waals surface area contributed by atoms with Gasteiger partial charge in [-0.05, 0) is 25.9 Å². The molecule has 4 N–H and O–H groups in total. The molecular weight excluding hydrogens is 166 g/mol. The molecule has 0 unspecified atom stereocenters. The van der Waals surface area contributed by atoms with Crippen LogP contribution in [0.25, 0.3) is 0 Å². The molecule has 0 atom stereocenters. The summed E-state index contributed by atoms with van der Waals surface area (Å²) in [6.45, 7) is 4.43. The van der Waals surface area contributed by atoms with Gasteiger partial charge in [0, 0.05) is 20.1 Å². The lowest BCUT2D eigenvalue weighted by atomic mass is 10.4. The van der Waals surface area contributed by atoms with Crippen LogP contribution in [0.4, 0.5) is 0 Å². The fourth-order valence-electron chi connectivity index (χ4n) is 1.53. The number of hydrogen-bond donors (Lipinski definition) is 3. The largest absolute Gasteiger partial charge is 0.354 e. The Hall–Kier alpha value is -0.810. The normalized spacial score (nSPS) is 19.1. The van der Waals surface area contributed by atoms with E-state index in [9.17, 15) is 0 Å². The van der Waals surface area contributed by atoms with E-state index in [1.807, 2.05) is 0 Å². The molecule has 5 heteroatoms. The molecule has 5 nitrogen and oxygen atoms in total. The second kappa shape index (κ2) is 5.77. The zero-order chi connectivity index (χ0) is 9.52. The molecule has 0 radical (unpaired) electrons. The monoisotopic (exact) mass is 185 g/mol. The predicted octanol–water partition coefficient (Wildman–Crippen LogP) is -0.879. The summed E-state index contributed by atoms with van der Waals surface area (Å²) in [6, 6.07) is 0. The van der Waals surface area contributed by atoms with Crippen molar-refractivity contribution in [2.45, 2.75) is 12.8 Å². The van der Waals surface area contributed by atoms with Gasteiger partial charge in [0.25, 0.3) is 0 Å². The summed E-state index contributed by atoms with van der Waals surface area (Å²) < 4.78 is 0. The highest BCUT2D eigenvalue weighted by molar-refractivity contribution is 5.78. The first-order valence-corrected chi connectivity index (χ1v) is 4.76. The molecule has 0 saturated carbocycles. The third-order valence-corrected chi connectivity index (χ3v) is 2.28. The number of guanidine groups is 1. The van der Waals surface area contributed by atoms with Crippen molar-refractivity contribution in [3.63, 3.8) is 0 Å². The Balaban J connectivity index is 2.05. The number of nitrogens with two attached hydrogens (primary N) is 1. The molecule has 0 amide bonds. The minimum Gasteiger partial charge on any atom is -0.354 e. The molecule has 0 bridgehead atoms. The van der Waals surface area contributed by atoms with Crippen LogP contribution in [-0.2, 0) is 0 Å². The summed E-state index contributed by atoms with van der Waals surface area (Å²) >= 11 is 0. The van der Waals surface area contributed by atoms with Crippen LogP contribution in [0.5, 0.6) is 0 Å². The van der Waals surface area contributed by atoms with Crippen LogP contribution in [0.15, 0.2) is 4.99 Å². The Labute approximate surface area is 79.4 Å².